The monoisotopic (exact) mass is 576 g/mol. The largest absolute Gasteiger partial charge is 0.269 e. The Kier molecular flexibility index (Phi) is 14.8. The summed E-state index contributed by atoms with van der Waals surface area (Å²) in [6.45, 7) is 4.45. The van der Waals surface area contributed by atoms with E-state index in [1.807, 2.05) is 0 Å². The van der Waals surface area contributed by atoms with E-state index in [0.29, 0.717) is 24.0 Å². The Hall–Kier alpha value is -3.02. The van der Waals surface area contributed by atoms with E-state index < -0.39 is 11.8 Å². The van der Waals surface area contributed by atoms with Gasteiger partial charge in [0, 0.05) is 23.3 Å². The summed E-state index contributed by atoms with van der Waals surface area (Å²) in [5.41, 5.74) is 1.57. The molecular weight excluding hydrogens is 524 g/mol. The van der Waals surface area contributed by atoms with E-state index in [0.717, 1.165) is 48.3 Å². The molecule has 0 aromatic heterocycles. The van der Waals surface area contributed by atoms with Crippen molar-refractivity contribution in [3.63, 3.8) is 0 Å². The first-order valence-corrected chi connectivity index (χ1v) is 16.8. The van der Waals surface area contributed by atoms with Crippen LogP contribution in [0.3, 0.4) is 0 Å². The highest BCUT2D eigenvalue weighted by Gasteiger charge is 2.38. The topological polar surface area (TPSA) is 74.8 Å². The number of imide groups is 2. The van der Waals surface area contributed by atoms with E-state index in [4.69, 9.17) is 0 Å². The smallest absolute Gasteiger partial charge is 0.261 e. The van der Waals surface area contributed by atoms with Gasteiger partial charge in [0.1, 0.15) is 0 Å². The van der Waals surface area contributed by atoms with E-state index in [2.05, 4.69) is 13.8 Å². The summed E-state index contributed by atoms with van der Waals surface area (Å²) in [6, 6.07) is 6.72. The predicted molar refractivity (Wildman–Crippen MR) is 171 cm³/mol. The summed E-state index contributed by atoms with van der Waals surface area (Å²) in [5.74, 6) is -1.54. The quantitative estimate of drug-likeness (QED) is 0.102. The molecule has 0 aliphatic carbocycles. The van der Waals surface area contributed by atoms with E-state index in [1.165, 1.54) is 89.2 Å². The SMILES string of the molecule is CCCCCCCCCCCC1=CC(=O)N(c2ccccc2N2C(=O)C=C(CCCCCCCCCCC)C2=O)C1=O. The van der Waals surface area contributed by atoms with Gasteiger partial charge in [-0.3, -0.25) is 19.2 Å². The predicted octanol–water partition coefficient (Wildman–Crippen LogP) is 9.13. The average Bonchev–Trinajstić information content (AvgIpc) is 3.43. The highest BCUT2D eigenvalue weighted by atomic mass is 16.2. The molecule has 2 aliphatic heterocycles. The van der Waals surface area contributed by atoms with Crippen molar-refractivity contribution in [3.05, 3.63) is 47.6 Å². The number of hydrogen-bond donors (Lipinski definition) is 0. The van der Waals surface area contributed by atoms with Crippen LogP contribution < -0.4 is 9.80 Å². The van der Waals surface area contributed by atoms with Gasteiger partial charge < -0.3 is 0 Å². The van der Waals surface area contributed by atoms with Gasteiger partial charge in [-0.25, -0.2) is 9.80 Å². The fourth-order valence-corrected chi connectivity index (χ4v) is 5.95. The minimum atomic E-state index is -0.416. The summed E-state index contributed by atoms with van der Waals surface area (Å²) in [6.07, 6.45) is 25.3. The van der Waals surface area contributed by atoms with Crippen molar-refractivity contribution in [2.24, 2.45) is 0 Å². The summed E-state index contributed by atoms with van der Waals surface area (Å²) in [5, 5.41) is 0. The molecule has 0 unspecified atom stereocenters. The molecule has 2 heterocycles. The first kappa shape index (κ1) is 33.5. The molecule has 2 aliphatic rings. The molecule has 6 nitrogen and oxygen atoms in total. The number of para-hydroxylation sites is 2. The number of carbonyl (C=O) groups is 4. The van der Waals surface area contributed by atoms with Gasteiger partial charge in [-0.2, -0.15) is 0 Å². The molecule has 1 aromatic rings. The maximum atomic E-state index is 13.3. The van der Waals surface area contributed by atoms with Crippen LogP contribution in [0.15, 0.2) is 47.6 Å². The van der Waals surface area contributed by atoms with Crippen molar-refractivity contribution >= 4 is 35.0 Å². The minimum absolute atomic E-state index is 0.283. The van der Waals surface area contributed by atoms with Gasteiger partial charge in [-0.05, 0) is 37.8 Å². The van der Waals surface area contributed by atoms with Gasteiger partial charge >= 0.3 is 0 Å². The van der Waals surface area contributed by atoms with Crippen molar-refractivity contribution in [3.8, 4) is 0 Å². The minimum Gasteiger partial charge on any atom is -0.269 e. The number of rotatable bonds is 22. The molecule has 0 atom stereocenters. The Labute approximate surface area is 253 Å². The van der Waals surface area contributed by atoms with Crippen LogP contribution >= 0.6 is 0 Å². The number of unbranched alkanes of at least 4 members (excludes halogenated alkanes) is 16. The summed E-state index contributed by atoms with van der Waals surface area (Å²) in [7, 11) is 0. The van der Waals surface area contributed by atoms with Gasteiger partial charge in [-0.15, -0.1) is 0 Å². The Balaban J connectivity index is 1.50. The van der Waals surface area contributed by atoms with Crippen molar-refractivity contribution < 1.29 is 19.2 Å². The number of carbonyl (C=O) groups excluding carboxylic acids is 4. The molecule has 0 saturated carbocycles. The summed E-state index contributed by atoms with van der Waals surface area (Å²) < 4.78 is 0. The molecule has 0 N–H and O–H groups in total. The molecule has 230 valence electrons. The van der Waals surface area contributed by atoms with Crippen LogP contribution in [0.5, 0.6) is 0 Å². The van der Waals surface area contributed by atoms with Crippen molar-refractivity contribution in [2.45, 2.75) is 142 Å². The van der Waals surface area contributed by atoms with Gasteiger partial charge in [0.05, 0.1) is 11.4 Å². The molecule has 0 fully saturated rings. The number of hydrogen-bond acceptors (Lipinski definition) is 4. The number of amides is 4. The maximum absolute atomic E-state index is 13.3. The fourth-order valence-electron chi connectivity index (χ4n) is 5.95. The highest BCUT2D eigenvalue weighted by Crippen LogP contribution is 2.36. The third kappa shape index (κ3) is 9.78. The van der Waals surface area contributed by atoms with Crippen LogP contribution in [0.25, 0.3) is 0 Å². The van der Waals surface area contributed by atoms with E-state index >= 15 is 0 Å². The third-order valence-corrected chi connectivity index (χ3v) is 8.45. The highest BCUT2D eigenvalue weighted by molar-refractivity contribution is 6.35. The lowest BCUT2D eigenvalue weighted by atomic mass is 10.0. The van der Waals surface area contributed by atoms with Crippen LogP contribution in [0.2, 0.25) is 0 Å². The number of nitrogens with zero attached hydrogens (tertiary/aromatic N) is 2. The molecule has 0 saturated heterocycles. The second-order valence-corrected chi connectivity index (χ2v) is 11.9. The van der Waals surface area contributed by atoms with Gasteiger partial charge in [0.25, 0.3) is 23.6 Å². The Morgan fingerprint density at radius 3 is 1.10 bits per heavy atom. The zero-order chi connectivity index (χ0) is 30.2. The van der Waals surface area contributed by atoms with Crippen LogP contribution in [-0.2, 0) is 19.2 Å². The fraction of sp³-hybridized carbons (Fsp3) is 0.611. The Morgan fingerprint density at radius 2 is 0.762 bits per heavy atom. The normalized spacial score (nSPS) is 15.3. The molecule has 0 bridgehead atoms. The lowest BCUT2D eigenvalue weighted by molar-refractivity contribution is -0.122. The van der Waals surface area contributed by atoms with Crippen molar-refractivity contribution in [2.75, 3.05) is 9.80 Å². The van der Waals surface area contributed by atoms with Crippen LogP contribution in [0, 0.1) is 0 Å². The lowest BCUT2D eigenvalue weighted by Crippen LogP contribution is -2.36. The Morgan fingerprint density at radius 1 is 0.452 bits per heavy atom. The summed E-state index contributed by atoms with van der Waals surface area (Å²) in [4.78, 5) is 54.8. The second-order valence-electron chi connectivity index (χ2n) is 11.9. The average molecular weight is 577 g/mol. The van der Waals surface area contributed by atoms with E-state index in [9.17, 15) is 19.2 Å². The molecule has 4 amide bonds. The zero-order valence-corrected chi connectivity index (χ0v) is 26.1. The molecule has 3 rings (SSSR count). The standard InChI is InChI=1S/C36H52N2O4/c1-3-5-7-9-11-13-15-17-19-23-29-27-33(39)37(35(29)41)31-25-21-22-26-32(31)38-34(40)28-30(36(38)42)24-20-18-16-14-12-10-8-6-4-2/h21-22,25-28H,3-20,23-24H2,1-2H3. The maximum Gasteiger partial charge on any atom is 0.261 e. The lowest BCUT2D eigenvalue weighted by Gasteiger charge is -2.23. The molecule has 42 heavy (non-hydrogen) atoms. The first-order chi connectivity index (χ1) is 20.5. The third-order valence-electron chi connectivity index (χ3n) is 8.45. The van der Waals surface area contributed by atoms with E-state index in [1.54, 1.807) is 24.3 Å². The van der Waals surface area contributed by atoms with Crippen molar-refractivity contribution in [1.82, 2.24) is 0 Å². The van der Waals surface area contributed by atoms with E-state index in [-0.39, 0.29) is 23.2 Å². The van der Waals surface area contributed by atoms with Gasteiger partial charge in [0.15, 0.2) is 0 Å². The number of benzene rings is 1. The van der Waals surface area contributed by atoms with Crippen LogP contribution in [0.1, 0.15) is 142 Å². The van der Waals surface area contributed by atoms with Crippen LogP contribution in [-0.4, -0.2) is 23.6 Å². The first-order valence-electron chi connectivity index (χ1n) is 16.8. The molecule has 1 aromatic carbocycles. The number of anilines is 2. The molecule has 0 spiro atoms. The van der Waals surface area contributed by atoms with Crippen LogP contribution in [0.4, 0.5) is 11.4 Å². The Bertz CT molecular complexity index is 1030. The van der Waals surface area contributed by atoms with Gasteiger partial charge in [0.2, 0.25) is 0 Å². The molecule has 0 radical (unpaired) electrons. The zero-order valence-electron chi connectivity index (χ0n) is 26.1. The van der Waals surface area contributed by atoms with Crippen molar-refractivity contribution in [1.29, 1.82) is 0 Å². The van der Waals surface area contributed by atoms with Gasteiger partial charge in [-0.1, -0.05) is 129 Å². The molecular formula is C36H52N2O4. The molecule has 6 heteroatoms. The second kappa shape index (κ2) is 18.5. The summed E-state index contributed by atoms with van der Waals surface area (Å²) >= 11 is 0.